The summed E-state index contributed by atoms with van der Waals surface area (Å²) < 4.78 is 37.3. The molecule has 2 atom stereocenters. The zero-order chi connectivity index (χ0) is 26.0. The molecular weight excluding hydrogens is 488 g/mol. The van der Waals surface area contributed by atoms with Crippen molar-refractivity contribution < 1.29 is 18.6 Å². The Morgan fingerprint density at radius 1 is 1.05 bits per heavy atom. The van der Waals surface area contributed by atoms with Crippen molar-refractivity contribution >= 4 is 27.5 Å². The summed E-state index contributed by atoms with van der Waals surface area (Å²) in [5.41, 5.74) is 0.731. The van der Waals surface area contributed by atoms with E-state index < -0.39 is 11.6 Å². The summed E-state index contributed by atoms with van der Waals surface area (Å²) in [5.74, 6) is 0.424. The van der Waals surface area contributed by atoms with E-state index in [0.29, 0.717) is 57.7 Å². The van der Waals surface area contributed by atoms with Crippen LogP contribution in [0.2, 0.25) is 0 Å². The van der Waals surface area contributed by atoms with E-state index in [-0.39, 0.29) is 22.8 Å². The van der Waals surface area contributed by atoms with Gasteiger partial charge in [-0.05, 0) is 66.6 Å². The second-order valence-corrected chi connectivity index (χ2v) is 10.9. The first kappa shape index (κ1) is 23.5. The van der Waals surface area contributed by atoms with Crippen LogP contribution >= 0.6 is 0 Å². The number of hydrogen-bond acceptors (Lipinski definition) is 7. The van der Waals surface area contributed by atoms with Crippen LogP contribution < -0.4 is 15.0 Å². The third-order valence-electron chi connectivity index (χ3n) is 8.20. The minimum absolute atomic E-state index is 0.0291. The van der Waals surface area contributed by atoms with Gasteiger partial charge in [-0.2, -0.15) is 0 Å². The highest BCUT2D eigenvalue weighted by molar-refractivity contribution is 6.02. The van der Waals surface area contributed by atoms with Crippen LogP contribution in [-0.2, 0) is 0 Å². The molecule has 2 aromatic heterocycles. The second kappa shape index (κ2) is 9.01. The van der Waals surface area contributed by atoms with E-state index in [1.54, 1.807) is 13.0 Å². The summed E-state index contributed by atoms with van der Waals surface area (Å²) in [7, 11) is 0. The predicted octanol–water partition coefficient (Wildman–Crippen LogP) is 5.26. The summed E-state index contributed by atoms with van der Waals surface area (Å²) in [5, 5.41) is 15.6. The number of piperazine rings is 1. The Bertz CT molecular complexity index is 1560. The SMILES string of the molecule is Cc1c(F)ccc2cc(O)cc(-c3nc(OCCC4CC4)c4c(N5CC6CCC(C5)N6)ncnc4c3F)c12. The molecule has 38 heavy (non-hydrogen) atoms. The summed E-state index contributed by atoms with van der Waals surface area (Å²) in [6.07, 6.45) is 6.89. The lowest BCUT2D eigenvalue weighted by atomic mass is 9.96. The summed E-state index contributed by atoms with van der Waals surface area (Å²) >= 11 is 0. The second-order valence-electron chi connectivity index (χ2n) is 10.9. The summed E-state index contributed by atoms with van der Waals surface area (Å²) in [6, 6.07) is 6.62. The van der Waals surface area contributed by atoms with Crippen LogP contribution in [0.1, 0.15) is 37.7 Å². The maximum atomic E-state index is 16.4. The molecule has 1 saturated carbocycles. The van der Waals surface area contributed by atoms with E-state index in [2.05, 4.69) is 20.2 Å². The van der Waals surface area contributed by atoms with Crippen LogP contribution in [0.4, 0.5) is 14.6 Å². The molecule has 0 amide bonds. The van der Waals surface area contributed by atoms with Gasteiger partial charge in [0.15, 0.2) is 5.82 Å². The quantitative estimate of drug-likeness (QED) is 0.361. The maximum Gasteiger partial charge on any atom is 0.227 e. The largest absolute Gasteiger partial charge is 0.508 e. The predicted molar refractivity (Wildman–Crippen MR) is 142 cm³/mol. The molecule has 2 aliphatic heterocycles. The van der Waals surface area contributed by atoms with Crippen molar-refractivity contribution in [2.24, 2.45) is 5.92 Å². The first-order valence-corrected chi connectivity index (χ1v) is 13.4. The molecule has 2 N–H and O–H groups in total. The molecule has 2 saturated heterocycles. The van der Waals surface area contributed by atoms with Crippen LogP contribution in [0.3, 0.4) is 0 Å². The third-order valence-corrected chi connectivity index (χ3v) is 8.20. The van der Waals surface area contributed by atoms with Gasteiger partial charge in [0.25, 0.3) is 0 Å². The smallest absolute Gasteiger partial charge is 0.227 e. The number of fused-ring (bicyclic) bond motifs is 4. The highest BCUT2D eigenvalue weighted by Crippen LogP contribution is 2.42. The molecule has 2 unspecified atom stereocenters. The number of ether oxygens (including phenoxy) is 1. The zero-order valence-corrected chi connectivity index (χ0v) is 21.2. The molecule has 7 nitrogen and oxygen atoms in total. The van der Waals surface area contributed by atoms with Crippen LogP contribution in [0.25, 0.3) is 32.9 Å². The van der Waals surface area contributed by atoms with Crippen molar-refractivity contribution in [3.05, 3.63) is 47.8 Å². The van der Waals surface area contributed by atoms with E-state index in [4.69, 9.17) is 9.72 Å². The molecule has 1 aliphatic carbocycles. The number of nitrogens with one attached hydrogen (secondary N) is 1. The van der Waals surface area contributed by atoms with E-state index >= 15 is 4.39 Å². The average molecular weight is 518 g/mol. The molecule has 9 heteroatoms. The molecule has 3 aliphatic rings. The lowest BCUT2D eigenvalue weighted by molar-refractivity contribution is 0.295. The van der Waals surface area contributed by atoms with Gasteiger partial charge in [-0.25, -0.2) is 23.7 Å². The molecule has 2 aromatic carbocycles. The number of benzene rings is 2. The Morgan fingerprint density at radius 2 is 1.84 bits per heavy atom. The number of aromatic hydroxyl groups is 1. The van der Waals surface area contributed by atoms with Gasteiger partial charge in [-0.3, -0.25) is 0 Å². The Morgan fingerprint density at radius 3 is 2.61 bits per heavy atom. The Balaban J connectivity index is 1.44. The van der Waals surface area contributed by atoms with Gasteiger partial charge in [0, 0.05) is 30.7 Å². The molecule has 4 aromatic rings. The van der Waals surface area contributed by atoms with Crippen molar-refractivity contribution in [2.45, 2.75) is 51.1 Å². The average Bonchev–Trinajstić information content (AvgIpc) is 3.68. The normalized spacial score (nSPS) is 21.0. The van der Waals surface area contributed by atoms with E-state index in [1.165, 1.54) is 37.4 Å². The number of aromatic nitrogens is 3. The van der Waals surface area contributed by atoms with Crippen molar-refractivity contribution in [3.8, 4) is 22.9 Å². The molecule has 2 bridgehead atoms. The fourth-order valence-corrected chi connectivity index (χ4v) is 6.07. The van der Waals surface area contributed by atoms with Crippen LogP contribution in [0, 0.1) is 24.5 Å². The Labute approximate surface area is 218 Å². The third kappa shape index (κ3) is 4.00. The van der Waals surface area contributed by atoms with Crippen molar-refractivity contribution in [1.29, 1.82) is 0 Å². The summed E-state index contributed by atoms with van der Waals surface area (Å²) in [6.45, 7) is 3.63. The van der Waals surface area contributed by atoms with Gasteiger partial charge in [-0.1, -0.05) is 18.9 Å². The number of nitrogens with zero attached hydrogens (tertiary/aromatic N) is 4. The topological polar surface area (TPSA) is 83.4 Å². The highest BCUT2D eigenvalue weighted by atomic mass is 19.1. The molecule has 4 heterocycles. The fourth-order valence-electron chi connectivity index (χ4n) is 6.07. The monoisotopic (exact) mass is 517 g/mol. The number of hydrogen-bond donors (Lipinski definition) is 2. The number of aryl methyl sites for hydroxylation is 1. The van der Waals surface area contributed by atoms with Crippen LogP contribution in [0.5, 0.6) is 11.6 Å². The number of phenolic OH excluding ortho intramolecular Hbond substituents is 1. The number of anilines is 1. The molecule has 196 valence electrons. The number of halogens is 2. The van der Waals surface area contributed by atoms with E-state index in [0.717, 1.165) is 32.4 Å². The molecule has 7 rings (SSSR count). The number of pyridine rings is 1. The van der Waals surface area contributed by atoms with E-state index in [9.17, 15) is 9.50 Å². The van der Waals surface area contributed by atoms with Crippen LogP contribution in [-0.4, -0.2) is 51.8 Å². The first-order valence-electron chi connectivity index (χ1n) is 13.4. The summed E-state index contributed by atoms with van der Waals surface area (Å²) in [4.78, 5) is 15.8. The molecule has 3 fully saturated rings. The van der Waals surface area contributed by atoms with Crippen LogP contribution in [0.15, 0.2) is 30.6 Å². The highest BCUT2D eigenvalue weighted by Gasteiger charge is 2.35. The maximum absolute atomic E-state index is 16.4. The van der Waals surface area contributed by atoms with Gasteiger partial charge in [0.1, 0.15) is 40.3 Å². The Kier molecular flexibility index (Phi) is 5.58. The van der Waals surface area contributed by atoms with Gasteiger partial charge in [0.2, 0.25) is 5.88 Å². The van der Waals surface area contributed by atoms with Gasteiger partial charge in [0.05, 0.1) is 6.61 Å². The Hall–Kier alpha value is -3.59. The van der Waals surface area contributed by atoms with Crippen molar-refractivity contribution in [2.75, 3.05) is 24.6 Å². The van der Waals surface area contributed by atoms with Gasteiger partial charge >= 0.3 is 0 Å². The molecule has 0 radical (unpaired) electrons. The van der Waals surface area contributed by atoms with Gasteiger partial charge < -0.3 is 20.1 Å². The van der Waals surface area contributed by atoms with Crippen molar-refractivity contribution in [3.63, 3.8) is 0 Å². The first-order chi connectivity index (χ1) is 18.5. The number of rotatable bonds is 6. The lowest BCUT2D eigenvalue weighted by Crippen LogP contribution is -2.51. The fraction of sp³-hybridized carbons (Fsp3) is 0.414. The minimum atomic E-state index is -0.646. The van der Waals surface area contributed by atoms with E-state index in [1.807, 2.05) is 0 Å². The minimum Gasteiger partial charge on any atom is -0.508 e. The molecule has 0 spiro atoms. The zero-order valence-electron chi connectivity index (χ0n) is 21.2. The lowest BCUT2D eigenvalue weighted by Gasteiger charge is -2.34. The van der Waals surface area contributed by atoms with Crippen molar-refractivity contribution in [1.82, 2.24) is 20.3 Å². The number of phenols is 1. The standard InChI is InChI=1S/C29H29F2N5O2/c1-15-22(30)7-4-17-10-20(37)11-21(23(15)17)26-25(31)27-24(29(35-26)38-9-8-16-2-3-16)28(33-14-32-27)36-12-18-5-6-19(13-36)34-18/h4,7,10-11,14,16,18-19,34,37H,2-3,5-6,8-9,12-13H2,1H3. The molecular formula is C29H29F2N5O2. The van der Waals surface area contributed by atoms with Gasteiger partial charge in [-0.15, -0.1) is 0 Å².